The third-order valence-corrected chi connectivity index (χ3v) is 4.67. The molecule has 0 atom stereocenters. The molecule has 0 saturated carbocycles. The lowest BCUT2D eigenvalue weighted by molar-refractivity contribution is 0.174. The lowest BCUT2D eigenvalue weighted by Gasteiger charge is -2.04. The molecule has 27 heavy (non-hydrogen) atoms. The first kappa shape index (κ1) is 15.6. The van der Waals surface area contributed by atoms with Crippen LogP contribution >= 0.6 is 0 Å². The van der Waals surface area contributed by atoms with E-state index in [0.717, 1.165) is 22.5 Å². The molecule has 0 saturated heterocycles. The van der Waals surface area contributed by atoms with E-state index in [9.17, 15) is 4.79 Å². The Morgan fingerprint density at radius 3 is 2.89 bits per heavy atom. The Labute approximate surface area is 154 Å². The molecule has 7 heteroatoms. The van der Waals surface area contributed by atoms with E-state index < -0.39 is 0 Å². The fraction of sp³-hybridized carbons (Fsp3) is 0.150. The second-order valence-electron chi connectivity index (χ2n) is 6.42. The van der Waals surface area contributed by atoms with Gasteiger partial charge >= 0.3 is 0 Å². The Balaban J connectivity index is 1.65. The number of fused-ring (bicyclic) bond motifs is 2. The highest BCUT2D eigenvalue weighted by atomic mass is 16.7. The number of hydrogen-bond donors (Lipinski definition) is 1. The molecule has 134 valence electrons. The van der Waals surface area contributed by atoms with Crippen molar-refractivity contribution in [2.75, 3.05) is 6.79 Å². The SMILES string of the molecule is Cc1[nH]n2c(=O)cc(-c3ccc4c(c3)OCO4)nc2c1Cc1ccccn1. The molecule has 3 aromatic heterocycles. The topological polar surface area (TPSA) is 81.5 Å². The molecule has 0 aliphatic carbocycles. The number of ether oxygens (including phenoxy) is 2. The lowest BCUT2D eigenvalue weighted by Crippen LogP contribution is -2.14. The predicted octanol–water partition coefficient (Wildman–Crippen LogP) is 2.71. The molecule has 0 radical (unpaired) electrons. The third kappa shape index (κ3) is 2.64. The smallest absolute Gasteiger partial charge is 0.273 e. The van der Waals surface area contributed by atoms with E-state index in [-0.39, 0.29) is 12.4 Å². The number of hydrogen-bond acceptors (Lipinski definition) is 5. The van der Waals surface area contributed by atoms with Gasteiger partial charge in [-0.05, 0) is 37.3 Å². The zero-order valence-corrected chi connectivity index (χ0v) is 14.6. The van der Waals surface area contributed by atoms with Crippen LogP contribution in [0, 0.1) is 6.92 Å². The summed E-state index contributed by atoms with van der Waals surface area (Å²) in [6, 6.07) is 12.9. The van der Waals surface area contributed by atoms with Gasteiger partial charge in [0.25, 0.3) is 5.56 Å². The van der Waals surface area contributed by atoms with Crippen molar-refractivity contribution in [2.45, 2.75) is 13.3 Å². The van der Waals surface area contributed by atoms with Gasteiger partial charge in [-0.25, -0.2) is 9.50 Å². The number of pyridine rings is 1. The molecular weight excluding hydrogens is 344 g/mol. The number of rotatable bonds is 3. The van der Waals surface area contributed by atoms with Crippen LogP contribution in [0.25, 0.3) is 16.9 Å². The van der Waals surface area contributed by atoms with E-state index in [2.05, 4.69) is 10.1 Å². The average Bonchev–Trinajstić information content (AvgIpc) is 3.27. The molecule has 1 N–H and O–H groups in total. The molecule has 7 nitrogen and oxygen atoms in total. The van der Waals surface area contributed by atoms with Crippen molar-refractivity contribution in [1.29, 1.82) is 0 Å². The predicted molar refractivity (Wildman–Crippen MR) is 99.2 cm³/mol. The van der Waals surface area contributed by atoms with Crippen LogP contribution < -0.4 is 15.0 Å². The van der Waals surface area contributed by atoms with Gasteiger partial charge in [-0.1, -0.05) is 6.07 Å². The van der Waals surface area contributed by atoms with Crippen LogP contribution in [0.1, 0.15) is 17.0 Å². The van der Waals surface area contributed by atoms with Gasteiger partial charge < -0.3 is 9.47 Å². The van der Waals surface area contributed by atoms with Crippen molar-refractivity contribution < 1.29 is 9.47 Å². The number of benzene rings is 1. The first-order valence-electron chi connectivity index (χ1n) is 8.60. The second kappa shape index (κ2) is 5.98. The summed E-state index contributed by atoms with van der Waals surface area (Å²) in [5, 5.41) is 3.11. The standard InChI is InChI=1S/C20H16N4O3/c1-12-15(9-14-4-2-3-7-21-14)20-22-16(10-19(25)24(20)23-12)13-5-6-17-18(8-13)27-11-26-17/h2-8,10,23H,9,11H2,1H3. The minimum Gasteiger partial charge on any atom is -0.454 e. The van der Waals surface area contributed by atoms with Gasteiger partial charge in [0.1, 0.15) is 0 Å². The minimum atomic E-state index is -0.164. The Morgan fingerprint density at radius 1 is 1.15 bits per heavy atom. The van der Waals surface area contributed by atoms with Gasteiger partial charge in [0, 0.05) is 41.2 Å². The summed E-state index contributed by atoms with van der Waals surface area (Å²) in [6.45, 7) is 2.14. The maximum atomic E-state index is 12.6. The maximum Gasteiger partial charge on any atom is 0.273 e. The summed E-state index contributed by atoms with van der Waals surface area (Å²) in [5.41, 5.74) is 4.62. The molecule has 0 bridgehead atoms. The van der Waals surface area contributed by atoms with Crippen LogP contribution in [0.3, 0.4) is 0 Å². The summed E-state index contributed by atoms with van der Waals surface area (Å²) in [6.07, 6.45) is 2.36. The van der Waals surface area contributed by atoms with Crippen molar-refractivity contribution in [3.8, 4) is 22.8 Å². The van der Waals surface area contributed by atoms with Crippen molar-refractivity contribution >= 4 is 5.65 Å². The molecule has 1 aliphatic rings. The number of H-pyrrole nitrogens is 1. The summed E-state index contributed by atoms with van der Waals surface area (Å²) in [4.78, 5) is 21.8. The Bertz CT molecular complexity index is 1210. The Morgan fingerprint density at radius 2 is 2.04 bits per heavy atom. The van der Waals surface area contributed by atoms with E-state index in [0.29, 0.717) is 29.3 Å². The molecule has 4 aromatic rings. The fourth-order valence-corrected chi connectivity index (χ4v) is 3.29. The van der Waals surface area contributed by atoms with Crippen LogP contribution in [0.2, 0.25) is 0 Å². The number of nitrogens with one attached hydrogen (secondary N) is 1. The number of aryl methyl sites for hydroxylation is 1. The second-order valence-corrected chi connectivity index (χ2v) is 6.42. The van der Waals surface area contributed by atoms with Gasteiger partial charge in [-0.15, -0.1) is 0 Å². The van der Waals surface area contributed by atoms with Gasteiger partial charge in [0.2, 0.25) is 6.79 Å². The molecule has 0 spiro atoms. The molecule has 1 aliphatic heterocycles. The lowest BCUT2D eigenvalue weighted by atomic mass is 10.1. The summed E-state index contributed by atoms with van der Waals surface area (Å²) in [7, 11) is 0. The highest BCUT2D eigenvalue weighted by Gasteiger charge is 2.17. The largest absolute Gasteiger partial charge is 0.454 e. The van der Waals surface area contributed by atoms with Gasteiger partial charge in [0.05, 0.1) is 5.69 Å². The Hall–Kier alpha value is -3.61. The third-order valence-electron chi connectivity index (χ3n) is 4.67. The molecule has 0 fully saturated rings. The zero-order valence-electron chi connectivity index (χ0n) is 14.6. The van der Waals surface area contributed by atoms with E-state index in [1.807, 2.05) is 43.3 Å². The van der Waals surface area contributed by atoms with E-state index in [1.54, 1.807) is 6.20 Å². The summed E-state index contributed by atoms with van der Waals surface area (Å²) < 4.78 is 12.3. The fourth-order valence-electron chi connectivity index (χ4n) is 3.29. The van der Waals surface area contributed by atoms with Crippen LogP contribution in [0.5, 0.6) is 11.5 Å². The van der Waals surface area contributed by atoms with Crippen LogP contribution in [-0.4, -0.2) is 26.4 Å². The van der Waals surface area contributed by atoms with E-state index >= 15 is 0 Å². The number of aromatic amines is 1. The first-order chi connectivity index (χ1) is 13.2. The number of aromatic nitrogens is 4. The molecular formula is C20H16N4O3. The molecule has 1 aromatic carbocycles. The molecule has 4 heterocycles. The highest BCUT2D eigenvalue weighted by molar-refractivity contribution is 5.67. The van der Waals surface area contributed by atoms with Crippen molar-refractivity contribution in [3.05, 3.63) is 76.0 Å². The highest BCUT2D eigenvalue weighted by Crippen LogP contribution is 2.35. The van der Waals surface area contributed by atoms with Crippen molar-refractivity contribution in [2.24, 2.45) is 0 Å². The van der Waals surface area contributed by atoms with Crippen LogP contribution in [-0.2, 0) is 6.42 Å². The van der Waals surface area contributed by atoms with E-state index in [1.165, 1.54) is 10.6 Å². The van der Waals surface area contributed by atoms with E-state index in [4.69, 9.17) is 14.5 Å². The minimum absolute atomic E-state index is 0.164. The summed E-state index contributed by atoms with van der Waals surface area (Å²) in [5.74, 6) is 1.36. The molecule has 0 amide bonds. The van der Waals surface area contributed by atoms with Crippen molar-refractivity contribution in [3.63, 3.8) is 0 Å². The Kier molecular flexibility index (Phi) is 3.46. The summed E-state index contributed by atoms with van der Waals surface area (Å²) >= 11 is 0. The maximum absolute atomic E-state index is 12.6. The number of nitrogens with zero attached hydrogens (tertiary/aromatic N) is 3. The van der Waals surface area contributed by atoms with Gasteiger partial charge in [0.15, 0.2) is 17.1 Å². The average molecular weight is 360 g/mol. The van der Waals surface area contributed by atoms with Crippen molar-refractivity contribution in [1.82, 2.24) is 19.6 Å². The zero-order chi connectivity index (χ0) is 18.4. The molecule has 5 rings (SSSR count). The van der Waals surface area contributed by atoms with Gasteiger partial charge in [-0.3, -0.25) is 14.9 Å². The monoisotopic (exact) mass is 360 g/mol. The normalized spacial score (nSPS) is 12.6. The molecule has 0 unspecified atom stereocenters. The van der Waals surface area contributed by atoms with Crippen LogP contribution in [0.4, 0.5) is 0 Å². The van der Waals surface area contributed by atoms with Crippen LogP contribution in [0.15, 0.2) is 53.5 Å². The quantitative estimate of drug-likeness (QED) is 0.607. The van der Waals surface area contributed by atoms with Gasteiger partial charge in [-0.2, -0.15) is 0 Å². The first-order valence-corrected chi connectivity index (χ1v) is 8.60.